The topological polar surface area (TPSA) is 128 Å². The molecule has 0 spiro atoms. The molecule has 2 heterocycles. The first-order valence-corrected chi connectivity index (χ1v) is 12.3. The fraction of sp³-hybridized carbons (Fsp3) is 0.550. The van der Waals surface area contributed by atoms with Crippen LogP contribution < -0.4 is 0 Å². The molecular weight excluding hydrogens is 436 g/mol. The number of carbonyl (C=O) groups is 2. The van der Waals surface area contributed by atoms with Crippen LogP contribution in [0.3, 0.4) is 0 Å². The third kappa shape index (κ3) is 5.88. The first-order valence-electron chi connectivity index (χ1n) is 10.4. The third-order valence-electron chi connectivity index (χ3n) is 5.25. The molecule has 32 heavy (non-hydrogen) atoms. The monoisotopic (exact) mass is 464 g/mol. The molecule has 174 valence electrons. The minimum absolute atomic E-state index is 0.0713. The number of hydrogen-bond donors (Lipinski definition) is 0. The number of ether oxygens (including phenoxy) is 1. The van der Waals surface area contributed by atoms with Crippen molar-refractivity contribution in [2.24, 2.45) is 5.92 Å². The summed E-state index contributed by atoms with van der Waals surface area (Å²) in [6.07, 6.45) is 2.64. The van der Waals surface area contributed by atoms with Crippen molar-refractivity contribution < 1.29 is 22.7 Å². The molecular formula is C20H28N6O5S. The minimum Gasteiger partial charge on any atom is -0.466 e. The molecule has 1 atom stereocenters. The van der Waals surface area contributed by atoms with Gasteiger partial charge in [0, 0.05) is 19.3 Å². The van der Waals surface area contributed by atoms with Gasteiger partial charge in [-0.25, -0.2) is 8.42 Å². The van der Waals surface area contributed by atoms with E-state index >= 15 is 0 Å². The molecule has 12 heteroatoms. The number of aromatic nitrogens is 4. The van der Waals surface area contributed by atoms with Crippen LogP contribution in [0.4, 0.5) is 0 Å². The van der Waals surface area contributed by atoms with Crippen LogP contribution in [0, 0.1) is 5.92 Å². The summed E-state index contributed by atoms with van der Waals surface area (Å²) in [4.78, 5) is 28.5. The molecule has 1 saturated heterocycles. The van der Waals surface area contributed by atoms with Crippen LogP contribution in [0.1, 0.15) is 25.6 Å². The van der Waals surface area contributed by atoms with Gasteiger partial charge in [0.15, 0.2) is 15.7 Å². The Balaban J connectivity index is 1.61. The van der Waals surface area contributed by atoms with Crippen LogP contribution in [0.2, 0.25) is 0 Å². The molecule has 0 saturated carbocycles. The van der Waals surface area contributed by atoms with E-state index in [1.54, 1.807) is 35.9 Å². The number of likely N-dealkylation sites (tertiary alicyclic amines) is 1. The number of piperidine rings is 1. The zero-order valence-corrected chi connectivity index (χ0v) is 19.3. The Morgan fingerprint density at radius 3 is 2.62 bits per heavy atom. The number of rotatable bonds is 8. The molecule has 0 radical (unpaired) electrons. The van der Waals surface area contributed by atoms with Crippen molar-refractivity contribution in [2.45, 2.75) is 31.2 Å². The molecule has 0 N–H and O–H groups in total. The van der Waals surface area contributed by atoms with E-state index < -0.39 is 9.84 Å². The molecule has 1 amide bonds. The Morgan fingerprint density at radius 2 is 1.97 bits per heavy atom. The highest BCUT2D eigenvalue weighted by Crippen LogP contribution is 2.19. The lowest BCUT2D eigenvalue weighted by molar-refractivity contribution is -0.151. The Bertz CT molecular complexity index is 1050. The number of hydrogen-bond acceptors (Lipinski definition) is 9. The van der Waals surface area contributed by atoms with Crippen molar-refractivity contribution in [1.29, 1.82) is 0 Å². The van der Waals surface area contributed by atoms with Crippen molar-refractivity contribution in [3.8, 4) is 5.69 Å². The third-order valence-corrected chi connectivity index (χ3v) is 6.38. The standard InChI is InChI=1S/C20H28N6O5S/c1-4-31-20(28)15-6-5-11-25(12-15)19(27)14-24(2)13-18-21-22-23-26(18)16-7-9-17(10-8-16)32(3,29)30/h7-10,15H,4-6,11-14H2,1-3H3/t15-/m1/s1. The van der Waals surface area contributed by atoms with Gasteiger partial charge in [-0.15, -0.1) is 5.10 Å². The number of benzene rings is 1. The largest absolute Gasteiger partial charge is 0.466 e. The van der Waals surface area contributed by atoms with Crippen molar-refractivity contribution in [1.82, 2.24) is 30.0 Å². The Morgan fingerprint density at radius 1 is 1.25 bits per heavy atom. The van der Waals surface area contributed by atoms with Crippen molar-refractivity contribution in [3.63, 3.8) is 0 Å². The quantitative estimate of drug-likeness (QED) is 0.507. The smallest absolute Gasteiger partial charge is 0.310 e. The van der Waals surface area contributed by atoms with E-state index in [-0.39, 0.29) is 29.2 Å². The van der Waals surface area contributed by atoms with Crippen molar-refractivity contribution in [2.75, 3.05) is 39.5 Å². The average Bonchev–Trinajstić information content (AvgIpc) is 3.21. The molecule has 0 aliphatic carbocycles. The van der Waals surface area contributed by atoms with Crippen molar-refractivity contribution >= 4 is 21.7 Å². The molecule has 1 aromatic heterocycles. The van der Waals surface area contributed by atoms with Gasteiger partial charge in [-0.3, -0.25) is 14.5 Å². The van der Waals surface area contributed by atoms with E-state index in [9.17, 15) is 18.0 Å². The second-order valence-corrected chi connectivity index (χ2v) is 9.89. The lowest BCUT2D eigenvalue weighted by Gasteiger charge is -2.32. The molecule has 0 bridgehead atoms. The molecule has 1 fully saturated rings. The second-order valence-electron chi connectivity index (χ2n) is 7.88. The van der Waals surface area contributed by atoms with Gasteiger partial charge in [0.1, 0.15) is 0 Å². The lowest BCUT2D eigenvalue weighted by Crippen LogP contribution is -2.46. The van der Waals surface area contributed by atoms with Gasteiger partial charge in [-0.1, -0.05) is 0 Å². The maximum absolute atomic E-state index is 12.8. The number of tetrazole rings is 1. The van der Waals surface area contributed by atoms with E-state index in [4.69, 9.17) is 4.74 Å². The average molecular weight is 465 g/mol. The second kappa shape index (κ2) is 10.2. The molecule has 1 aromatic carbocycles. The van der Waals surface area contributed by atoms with Crippen LogP contribution in [0.25, 0.3) is 5.69 Å². The molecule has 1 aliphatic rings. The highest BCUT2D eigenvalue weighted by Gasteiger charge is 2.29. The van der Waals surface area contributed by atoms with E-state index in [1.807, 2.05) is 0 Å². The summed E-state index contributed by atoms with van der Waals surface area (Å²) in [5.41, 5.74) is 0.616. The van der Waals surface area contributed by atoms with Crippen LogP contribution in [0.15, 0.2) is 29.2 Å². The number of esters is 1. The van der Waals surface area contributed by atoms with Gasteiger partial charge in [-0.2, -0.15) is 4.68 Å². The first-order chi connectivity index (χ1) is 15.2. The number of sulfone groups is 1. The van der Waals surface area contributed by atoms with Crippen molar-refractivity contribution in [3.05, 3.63) is 30.1 Å². The van der Waals surface area contributed by atoms with Crippen LogP contribution in [-0.2, 0) is 30.7 Å². The first kappa shape index (κ1) is 23.8. The van der Waals surface area contributed by atoms with E-state index in [0.29, 0.717) is 37.8 Å². The summed E-state index contributed by atoms with van der Waals surface area (Å²) in [6.45, 7) is 3.55. The van der Waals surface area contributed by atoms with Gasteiger partial charge in [0.2, 0.25) is 5.91 Å². The molecule has 3 rings (SSSR count). The normalized spacial score (nSPS) is 16.9. The predicted molar refractivity (Wildman–Crippen MR) is 115 cm³/mol. The van der Waals surface area contributed by atoms with Crippen LogP contribution >= 0.6 is 0 Å². The van der Waals surface area contributed by atoms with Gasteiger partial charge < -0.3 is 9.64 Å². The van der Waals surface area contributed by atoms with Crippen LogP contribution in [-0.4, -0.2) is 89.8 Å². The summed E-state index contributed by atoms with van der Waals surface area (Å²) < 4.78 is 29.9. The SMILES string of the molecule is CCOC(=O)[C@@H]1CCCN(C(=O)CN(C)Cc2nnnn2-c2ccc(S(C)(=O)=O)cc2)C1. The van der Waals surface area contributed by atoms with Gasteiger partial charge >= 0.3 is 5.97 Å². The molecule has 11 nitrogen and oxygen atoms in total. The summed E-state index contributed by atoms with van der Waals surface area (Å²) in [6, 6.07) is 6.26. The Kier molecular flexibility index (Phi) is 7.56. The maximum atomic E-state index is 12.8. The summed E-state index contributed by atoms with van der Waals surface area (Å²) in [5, 5.41) is 11.7. The summed E-state index contributed by atoms with van der Waals surface area (Å²) >= 11 is 0. The van der Waals surface area contributed by atoms with Crippen LogP contribution in [0.5, 0.6) is 0 Å². The maximum Gasteiger partial charge on any atom is 0.310 e. The van der Waals surface area contributed by atoms with E-state index in [2.05, 4.69) is 15.5 Å². The van der Waals surface area contributed by atoms with E-state index in [0.717, 1.165) is 19.1 Å². The fourth-order valence-corrected chi connectivity index (χ4v) is 4.25. The van der Waals surface area contributed by atoms with Gasteiger partial charge in [0.25, 0.3) is 0 Å². The number of nitrogens with zero attached hydrogens (tertiary/aromatic N) is 6. The zero-order valence-electron chi connectivity index (χ0n) is 18.5. The number of likely N-dealkylation sites (N-methyl/N-ethyl adjacent to an activating group) is 1. The zero-order chi connectivity index (χ0) is 23.3. The predicted octanol–water partition coefficient (Wildman–Crippen LogP) is 0.299. The summed E-state index contributed by atoms with van der Waals surface area (Å²) in [7, 11) is -1.51. The molecule has 2 aromatic rings. The number of amides is 1. The van der Waals surface area contributed by atoms with Gasteiger partial charge in [0.05, 0.1) is 36.2 Å². The van der Waals surface area contributed by atoms with Gasteiger partial charge in [-0.05, 0) is 61.5 Å². The molecule has 1 aliphatic heterocycles. The summed E-state index contributed by atoms with van der Waals surface area (Å²) in [5.74, 6) is -0.0898. The Labute approximate surface area is 187 Å². The highest BCUT2D eigenvalue weighted by atomic mass is 32.2. The fourth-order valence-electron chi connectivity index (χ4n) is 3.62. The minimum atomic E-state index is -3.29. The lowest BCUT2D eigenvalue weighted by atomic mass is 9.98. The Hall–Kier alpha value is -2.86. The number of carbonyl (C=O) groups excluding carboxylic acids is 2. The van der Waals surface area contributed by atoms with E-state index in [1.165, 1.54) is 16.8 Å². The molecule has 0 unspecified atom stereocenters. The highest BCUT2D eigenvalue weighted by molar-refractivity contribution is 7.90.